The zero-order chi connectivity index (χ0) is 15.5. The van der Waals surface area contributed by atoms with Gasteiger partial charge in [-0.15, -0.1) is 12.4 Å². The van der Waals surface area contributed by atoms with Crippen molar-refractivity contribution in [3.05, 3.63) is 35.4 Å². The molecule has 0 aromatic heterocycles. The summed E-state index contributed by atoms with van der Waals surface area (Å²) in [5.74, 6) is 0.806. The molecule has 2 fully saturated rings. The fraction of sp³-hybridized carbons (Fsp3) is 0.611. The molecular formula is C18H27ClN2O2. The highest BCUT2D eigenvalue weighted by atomic mass is 35.5. The van der Waals surface area contributed by atoms with Gasteiger partial charge in [-0.25, -0.2) is 0 Å². The minimum atomic E-state index is 0. The van der Waals surface area contributed by atoms with Crippen molar-refractivity contribution in [2.45, 2.75) is 38.9 Å². The van der Waals surface area contributed by atoms with Crippen molar-refractivity contribution in [1.29, 1.82) is 0 Å². The standard InChI is InChI=1S/C18H26N2O2.ClH/c1-13-11-20(12-14(2)22-13)18(21)17-6-4-3-5-16(17)9-15-7-8-19-10-15;/h3-6,13-15,19H,7-12H2,1-2H3;1H/t13-,14+,15?;. The quantitative estimate of drug-likeness (QED) is 0.920. The van der Waals surface area contributed by atoms with Crippen molar-refractivity contribution in [2.24, 2.45) is 5.92 Å². The van der Waals surface area contributed by atoms with Gasteiger partial charge in [-0.2, -0.15) is 0 Å². The van der Waals surface area contributed by atoms with Crippen LogP contribution in [0.3, 0.4) is 0 Å². The molecular weight excluding hydrogens is 312 g/mol. The van der Waals surface area contributed by atoms with E-state index in [1.54, 1.807) is 0 Å². The molecule has 1 amide bonds. The predicted molar refractivity (Wildman–Crippen MR) is 94.3 cm³/mol. The van der Waals surface area contributed by atoms with Crippen LogP contribution < -0.4 is 5.32 Å². The Hall–Kier alpha value is -1.10. The summed E-state index contributed by atoms with van der Waals surface area (Å²) in [7, 11) is 0. The van der Waals surface area contributed by atoms with Gasteiger partial charge in [0.2, 0.25) is 0 Å². The third-order valence-electron chi connectivity index (χ3n) is 4.63. The van der Waals surface area contributed by atoms with Gasteiger partial charge >= 0.3 is 0 Å². The maximum atomic E-state index is 12.9. The largest absolute Gasteiger partial charge is 0.372 e. The average molecular weight is 339 g/mol. The van der Waals surface area contributed by atoms with Crippen molar-refractivity contribution >= 4 is 18.3 Å². The van der Waals surface area contributed by atoms with Crippen LogP contribution in [-0.2, 0) is 11.2 Å². The number of carbonyl (C=O) groups is 1. The fourth-order valence-corrected chi connectivity index (χ4v) is 3.62. The van der Waals surface area contributed by atoms with Crippen molar-refractivity contribution in [2.75, 3.05) is 26.2 Å². The number of amides is 1. The second-order valence-corrected chi connectivity index (χ2v) is 6.69. The molecule has 5 heteroatoms. The molecule has 2 heterocycles. The molecule has 0 aliphatic carbocycles. The van der Waals surface area contributed by atoms with Gasteiger partial charge in [0.15, 0.2) is 0 Å². The van der Waals surface area contributed by atoms with Crippen LogP contribution in [0.5, 0.6) is 0 Å². The van der Waals surface area contributed by atoms with Gasteiger partial charge < -0.3 is 15.0 Å². The Morgan fingerprint density at radius 1 is 1.26 bits per heavy atom. The minimum Gasteiger partial charge on any atom is -0.372 e. The lowest BCUT2D eigenvalue weighted by molar-refractivity contribution is -0.0586. The lowest BCUT2D eigenvalue weighted by Gasteiger charge is -2.35. The molecule has 2 aliphatic rings. The first-order valence-electron chi connectivity index (χ1n) is 8.37. The van der Waals surface area contributed by atoms with E-state index in [0.29, 0.717) is 19.0 Å². The van der Waals surface area contributed by atoms with E-state index < -0.39 is 0 Å². The summed E-state index contributed by atoms with van der Waals surface area (Å²) >= 11 is 0. The Balaban J connectivity index is 0.00000192. The number of nitrogens with one attached hydrogen (secondary N) is 1. The van der Waals surface area contributed by atoms with E-state index in [0.717, 1.165) is 25.1 Å². The highest BCUT2D eigenvalue weighted by Gasteiger charge is 2.28. The number of hydrogen-bond donors (Lipinski definition) is 1. The molecule has 4 nitrogen and oxygen atoms in total. The molecule has 3 atom stereocenters. The molecule has 1 unspecified atom stereocenters. The lowest BCUT2D eigenvalue weighted by atomic mass is 9.94. The summed E-state index contributed by atoms with van der Waals surface area (Å²) in [5.41, 5.74) is 2.06. The Morgan fingerprint density at radius 3 is 2.61 bits per heavy atom. The fourth-order valence-electron chi connectivity index (χ4n) is 3.62. The van der Waals surface area contributed by atoms with Crippen LogP contribution in [0.25, 0.3) is 0 Å². The molecule has 2 aliphatic heterocycles. The molecule has 1 aromatic carbocycles. The maximum absolute atomic E-state index is 12.9. The topological polar surface area (TPSA) is 41.6 Å². The molecule has 1 N–H and O–H groups in total. The van der Waals surface area contributed by atoms with Gasteiger partial charge in [0, 0.05) is 18.7 Å². The SMILES string of the molecule is C[C@@H]1CN(C(=O)c2ccccc2CC2CCNC2)C[C@H](C)O1.Cl. The number of hydrogen-bond acceptors (Lipinski definition) is 3. The molecule has 0 saturated carbocycles. The van der Waals surface area contributed by atoms with Gasteiger partial charge in [0.1, 0.15) is 0 Å². The first kappa shape index (κ1) is 18.2. The van der Waals surface area contributed by atoms with Crippen molar-refractivity contribution in [3.8, 4) is 0 Å². The number of ether oxygens (including phenoxy) is 1. The highest BCUT2D eigenvalue weighted by Crippen LogP contribution is 2.21. The Morgan fingerprint density at radius 2 is 1.96 bits per heavy atom. The monoisotopic (exact) mass is 338 g/mol. The van der Waals surface area contributed by atoms with E-state index >= 15 is 0 Å². The Bertz CT molecular complexity index is 522. The van der Waals surface area contributed by atoms with Crippen LogP contribution in [0, 0.1) is 5.92 Å². The van der Waals surface area contributed by atoms with Crippen LogP contribution in [0.4, 0.5) is 0 Å². The number of morpholine rings is 1. The van der Waals surface area contributed by atoms with Crippen LogP contribution in [0.1, 0.15) is 36.2 Å². The van der Waals surface area contributed by atoms with E-state index in [1.165, 1.54) is 12.0 Å². The molecule has 3 rings (SSSR count). The van der Waals surface area contributed by atoms with Crippen LogP contribution in [-0.4, -0.2) is 49.2 Å². The number of halogens is 1. The summed E-state index contributed by atoms with van der Waals surface area (Å²) in [4.78, 5) is 14.9. The number of carbonyl (C=O) groups excluding carboxylic acids is 1. The van der Waals surface area contributed by atoms with Gasteiger partial charge in [0.25, 0.3) is 5.91 Å². The summed E-state index contributed by atoms with van der Waals surface area (Å²) in [5, 5.41) is 3.40. The Labute approximate surface area is 145 Å². The maximum Gasteiger partial charge on any atom is 0.254 e. The van der Waals surface area contributed by atoms with Gasteiger partial charge in [-0.1, -0.05) is 18.2 Å². The molecule has 0 bridgehead atoms. The average Bonchev–Trinajstić information content (AvgIpc) is 2.99. The third kappa shape index (κ3) is 4.46. The molecule has 2 saturated heterocycles. The van der Waals surface area contributed by atoms with E-state index in [1.807, 2.05) is 36.9 Å². The number of benzene rings is 1. The molecule has 128 valence electrons. The molecule has 0 radical (unpaired) electrons. The molecule has 1 aromatic rings. The third-order valence-corrected chi connectivity index (χ3v) is 4.63. The van der Waals surface area contributed by atoms with Crippen LogP contribution in [0.2, 0.25) is 0 Å². The van der Waals surface area contributed by atoms with Crippen molar-refractivity contribution in [1.82, 2.24) is 10.2 Å². The number of nitrogens with zero attached hydrogens (tertiary/aromatic N) is 1. The molecule has 0 spiro atoms. The van der Waals surface area contributed by atoms with E-state index in [9.17, 15) is 4.79 Å². The zero-order valence-electron chi connectivity index (χ0n) is 14.0. The smallest absolute Gasteiger partial charge is 0.254 e. The summed E-state index contributed by atoms with van der Waals surface area (Å²) in [6, 6.07) is 8.10. The molecule has 23 heavy (non-hydrogen) atoms. The first-order chi connectivity index (χ1) is 10.6. The Kier molecular flexibility index (Phi) is 6.45. The van der Waals surface area contributed by atoms with Crippen molar-refractivity contribution < 1.29 is 9.53 Å². The van der Waals surface area contributed by atoms with Crippen LogP contribution in [0.15, 0.2) is 24.3 Å². The second-order valence-electron chi connectivity index (χ2n) is 6.69. The summed E-state index contributed by atoms with van der Waals surface area (Å²) in [6.07, 6.45) is 2.41. The summed E-state index contributed by atoms with van der Waals surface area (Å²) in [6.45, 7) is 7.59. The predicted octanol–water partition coefficient (Wildman–Crippen LogP) is 2.51. The van der Waals surface area contributed by atoms with E-state index in [-0.39, 0.29) is 30.5 Å². The van der Waals surface area contributed by atoms with E-state index in [2.05, 4.69) is 11.4 Å². The van der Waals surface area contributed by atoms with E-state index in [4.69, 9.17) is 4.74 Å². The lowest BCUT2D eigenvalue weighted by Crippen LogP contribution is -2.48. The van der Waals surface area contributed by atoms with Crippen molar-refractivity contribution in [3.63, 3.8) is 0 Å². The van der Waals surface area contributed by atoms with Gasteiger partial charge in [-0.05, 0) is 57.3 Å². The summed E-state index contributed by atoms with van der Waals surface area (Å²) < 4.78 is 5.74. The zero-order valence-corrected chi connectivity index (χ0v) is 14.8. The second kappa shape index (κ2) is 8.13. The van der Waals surface area contributed by atoms with Gasteiger partial charge in [-0.3, -0.25) is 4.79 Å². The highest BCUT2D eigenvalue weighted by molar-refractivity contribution is 5.95. The van der Waals surface area contributed by atoms with Gasteiger partial charge in [0.05, 0.1) is 12.2 Å². The normalized spacial score (nSPS) is 27.6. The van der Waals surface area contributed by atoms with Crippen LogP contribution >= 0.6 is 12.4 Å². The number of rotatable bonds is 3. The minimum absolute atomic E-state index is 0. The first-order valence-corrected chi connectivity index (χ1v) is 8.37.